The van der Waals surface area contributed by atoms with Crippen LogP contribution in [0.4, 0.5) is 13.2 Å². The van der Waals surface area contributed by atoms with Crippen LogP contribution in [0.3, 0.4) is 0 Å². The normalized spacial score (nSPS) is 15.4. The molecule has 28 heavy (non-hydrogen) atoms. The number of aromatic nitrogens is 2. The summed E-state index contributed by atoms with van der Waals surface area (Å²) in [5.41, 5.74) is 0.312. The average molecular weight is 406 g/mol. The topological polar surface area (TPSA) is 72.2 Å². The Labute approximate surface area is 160 Å². The van der Waals surface area contributed by atoms with Crippen molar-refractivity contribution in [3.63, 3.8) is 0 Å². The molecule has 0 radical (unpaired) electrons. The molecule has 0 saturated carbocycles. The second-order valence-electron chi connectivity index (χ2n) is 6.48. The van der Waals surface area contributed by atoms with E-state index < -0.39 is 17.7 Å². The zero-order valence-electron chi connectivity index (χ0n) is 14.5. The van der Waals surface area contributed by atoms with Crippen molar-refractivity contribution in [2.45, 2.75) is 26.1 Å². The molecule has 1 aliphatic rings. The number of carbonyl (C=O) groups is 1. The largest absolute Gasteiger partial charge is 0.477 e. The molecule has 3 aromatic rings. The summed E-state index contributed by atoms with van der Waals surface area (Å²) in [6.07, 6.45) is -2.39. The lowest BCUT2D eigenvalue weighted by atomic mass is 10.1. The van der Waals surface area contributed by atoms with Gasteiger partial charge in [0.2, 0.25) is 0 Å². The Bertz CT molecular complexity index is 1220. The van der Waals surface area contributed by atoms with E-state index in [0.717, 1.165) is 23.5 Å². The van der Waals surface area contributed by atoms with E-state index in [4.69, 9.17) is 0 Å². The molecule has 144 valence electrons. The van der Waals surface area contributed by atoms with Gasteiger partial charge in [0, 0.05) is 6.54 Å². The number of carboxylic acids is 1. The van der Waals surface area contributed by atoms with Gasteiger partial charge in [-0.2, -0.15) is 13.2 Å². The van der Waals surface area contributed by atoms with E-state index in [1.807, 2.05) is 0 Å². The third-order valence-electron chi connectivity index (χ3n) is 4.69. The number of aromatic carboxylic acids is 1. The van der Waals surface area contributed by atoms with E-state index in [2.05, 4.69) is 4.98 Å². The highest BCUT2D eigenvalue weighted by atomic mass is 32.1. The molecule has 3 heterocycles. The van der Waals surface area contributed by atoms with Crippen molar-refractivity contribution in [3.8, 4) is 0 Å². The van der Waals surface area contributed by atoms with Crippen LogP contribution in [0.15, 0.2) is 29.1 Å². The molecule has 0 atom stereocenters. The van der Waals surface area contributed by atoms with Crippen LogP contribution in [-0.4, -0.2) is 20.6 Å². The quantitative estimate of drug-likeness (QED) is 0.684. The van der Waals surface area contributed by atoms with Crippen LogP contribution in [0.25, 0.3) is 21.9 Å². The molecule has 1 aliphatic heterocycles. The van der Waals surface area contributed by atoms with Gasteiger partial charge in [-0.3, -0.25) is 9.36 Å². The number of alkyl halides is 3. The number of hydrogen-bond acceptors (Lipinski definition) is 4. The van der Waals surface area contributed by atoms with E-state index in [1.165, 1.54) is 10.6 Å². The maximum Gasteiger partial charge on any atom is 0.416 e. The highest BCUT2D eigenvalue weighted by Gasteiger charge is 2.30. The number of hydrogen-bond donors (Lipinski definition) is 1. The summed E-state index contributed by atoms with van der Waals surface area (Å²) in [5, 5.41) is 9.56. The standard InChI is InChI=1S/C19H13F3N2O3S/c1-9-13-16(28-14(9)18(26)27)23-15-11(5-6-24(15)17(13)25)7-10-3-2-4-12(8-10)19(20,21)22/h2-4,7-8H,5-6H2,1H3,(H,26,27)/b11-7-. The number of rotatable bonds is 2. The minimum absolute atomic E-state index is 0.0623. The number of thiophene rings is 1. The lowest BCUT2D eigenvalue weighted by Crippen LogP contribution is -2.20. The monoisotopic (exact) mass is 406 g/mol. The summed E-state index contributed by atoms with van der Waals surface area (Å²) >= 11 is 0.926. The van der Waals surface area contributed by atoms with Crippen molar-refractivity contribution in [3.05, 3.63) is 62.0 Å². The number of carboxylic acid groups (broad SMARTS) is 1. The summed E-state index contributed by atoms with van der Waals surface area (Å²) in [4.78, 5) is 29.0. The van der Waals surface area contributed by atoms with Gasteiger partial charge in [0.05, 0.1) is 10.9 Å². The zero-order valence-corrected chi connectivity index (χ0v) is 15.3. The van der Waals surface area contributed by atoms with Crippen LogP contribution in [0.1, 0.15) is 38.6 Å². The Morgan fingerprint density at radius 3 is 2.79 bits per heavy atom. The van der Waals surface area contributed by atoms with Gasteiger partial charge < -0.3 is 5.11 Å². The van der Waals surface area contributed by atoms with E-state index in [-0.39, 0.29) is 15.8 Å². The minimum Gasteiger partial charge on any atom is -0.477 e. The van der Waals surface area contributed by atoms with Crippen LogP contribution in [0.2, 0.25) is 0 Å². The molecule has 0 unspecified atom stereocenters. The Balaban J connectivity index is 1.86. The summed E-state index contributed by atoms with van der Waals surface area (Å²) in [6, 6.07) is 4.93. The lowest BCUT2D eigenvalue weighted by Gasteiger charge is -2.07. The molecule has 0 fully saturated rings. The average Bonchev–Trinajstić information content (AvgIpc) is 3.17. The third kappa shape index (κ3) is 2.91. The summed E-state index contributed by atoms with van der Waals surface area (Å²) in [6.45, 7) is 1.92. The molecule has 0 spiro atoms. The van der Waals surface area contributed by atoms with Gasteiger partial charge in [-0.05, 0) is 48.3 Å². The lowest BCUT2D eigenvalue weighted by molar-refractivity contribution is -0.137. The van der Waals surface area contributed by atoms with Crippen molar-refractivity contribution in [2.75, 3.05) is 0 Å². The number of nitrogens with zero attached hydrogens (tertiary/aromatic N) is 2. The van der Waals surface area contributed by atoms with Gasteiger partial charge in [-0.1, -0.05) is 12.1 Å². The minimum atomic E-state index is -4.44. The second-order valence-corrected chi connectivity index (χ2v) is 7.48. The van der Waals surface area contributed by atoms with Crippen LogP contribution in [-0.2, 0) is 12.7 Å². The van der Waals surface area contributed by atoms with E-state index >= 15 is 0 Å². The number of allylic oxidation sites excluding steroid dienone is 1. The number of halogens is 3. The third-order valence-corrected chi connectivity index (χ3v) is 5.87. The predicted octanol–water partition coefficient (Wildman–Crippen LogP) is 4.43. The molecule has 0 saturated heterocycles. The number of benzene rings is 1. The van der Waals surface area contributed by atoms with Gasteiger partial charge in [-0.15, -0.1) is 11.3 Å². The Morgan fingerprint density at radius 1 is 1.36 bits per heavy atom. The molecular formula is C19H13F3N2O3S. The van der Waals surface area contributed by atoms with Gasteiger partial charge >= 0.3 is 12.1 Å². The van der Waals surface area contributed by atoms with Crippen molar-refractivity contribution >= 4 is 39.2 Å². The van der Waals surface area contributed by atoms with Crippen molar-refractivity contribution in [1.82, 2.24) is 9.55 Å². The second kappa shape index (κ2) is 6.30. The smallest absolute Gasteiger partial charge is 0.416 e. The first kappa shape index (κ1) is 18.4. The van der Waals surface area contributed by atoms with Gasteiger partial charge in [0.1, 0.15) is 15.5 Å². The summed E-state index contributed by atoms with van der Waals surface area (Å²) in [7, 11) is 0. The first-order chi connectivity index (χ1) is 13.2. The maximum absolute atomic E-state index is 12.9. The van der Waals surface area contributed by atoms with Crippen LogP contribution >= 0.6 is 11.3 Å². The molecule has 9 heteroatoms. The van der Waals surface area contributed by atoms with Crippen molar-refractivity contribution in [2.24, 2.45) is 0 Å². The first-order valence-corrected chi connectivity index (χ1v) is 9.14. The SMILES string of the molecule is Cc1c(C(=O)O)sc2nc3n(c(=O)c12)CC/C3=C/c1cccc(C(F)(F)F)c1. The van der Waals surface area contributed by atoms with E-state index in [9.17, 15) is 27.9 Å². The molecule has 0 bridgehead atoms. The fraction of sp³-hybridized carbons (Fsp3) is 0.211. The van der Waals surface area contributed by atoms with E-state index in [0.29, 0.717) is 40.3 Å². The van der Waals surface area contributed by atoms with E-state index in [1.54, 1.807) is 19.1 Å². The molecule has 2 aromatic heterocycles. The maximum atomic E-state index is 12.9. The number of fused-ring (bicyclic) bond motifs is 2. The molecule has 4 rings (SSSR count). The van der Waals surface area contributed by atoms with Crippen LogP contribution in [0.5, 0.6) is 0 Å². The summed E-state index contributed by atoms with van der Waals surface area (Å²) < 4.78 is 40.2. The molecule has 1 aromatic carbocycles. The Morgan fingerprint density at radius 2 is 2.11 bits per heavy atom. The zero-order chi connectivity index (χ0) is 20.2. The molecule has 1 N–H and O–H groups in total. The van der Waals surface area contributed by atoms with Crippen molar-refractivity contribution < 1.29 is 23.1 Å². The van der Waals surface area contributed by atoms with Crippen molar-refractivity contribution in [1.29, 1.82) is 0 Å². The highest BCUT2D eigenvalue weighted by Crippen LogP contribution is 2.34. The highest BCUT2D eigenvalue weighted by molar-refractivity contribution is 7.20. The van der Waals surface area contributed by atoms with Crippen LogP contribution in [0, 0.1) is 6.92 Å². The Kier molecular flexibility index (Phi) is 4.15. The summed E-state index contributed by atoms with van der Waals surface area (Å²) in [5.74, 6) is -0.752. The van der Waals surface area contributed by atoms with Gasteiger partial charge in [0.25, 0.3) is 5.56 Å². The molecular weight excluding hydrogens is 393 g/mol. The molecule has 0 amide bonds. The van der Waals surface area contributed by atoms with Gasteiger partial charge in [0.15, 0.2) is 0 Å². The first-order valence-electron chi connectivity index (χ1n) is 8.32. The predicted molar refractivity (Wildman–Crippen MR) is 99.5 cm³/mol. The fourth-order valence-electron chi connectivity index (χ4n) is 3.36. The molecule has 5 nitrogen and oxygen atoms in total. The Hall–Kier alpha value is -2.94. The number of aryl methyl sites for hydroxylation is 1. The molecule has 0 aliphatic carbocycles. The fourth-order valence-corrected chi connectivity index (χ4v) is 4.37. The van der Waals surface area contributed by atoms with Crippen LogP contribution < -0.4 is 5.56 Å². The van der Waals surface area contributed by atoms with Gasteiger partial charge in [-0.25, -0.2) is 9.78 Å².